The molecule has 2 radical (unpaired) electrons. The molecule has 24 heavy (non-hydrogen) atoms. The van der Waals surface area contributed by atoms with E-state index in [1.165, 1.54) is 26.9 Å². The quantitative estimate of drug-likeness (QED) is 0.596. The zero-order valence-electron chi connectivity index (χ0n) is 20.0. The highest BCUT2D eigenvalue weighted by molar-refractivity contribution is 6.90. The minimum Gasteiger partial charge on any atom is -0.360 e. The summed E-state index contributed by atoms with van der Waals surface area (Å²) in [7, 11) is -3.92. The van der Waals surface area contributed by atoms with Crippen LogP contribution < -0.4 is 9.30 Å². The average molecular weight is 437 g/mol. The van der Waals surface area contributed by atoms with Crippen molar-refractivity contribution in [1.29, 1.82) is 0 Å². The van der Waals surface area contributed by atoms with E-state index in [4.69, 9.17) is 0 Å². The first-order valence-electron chi connectivity index (χ1n) is 9.53. The van der Waals surface area contributed by atoms with Gasteiger partial charge in [0.05, 0.1) is 0 Å². The fourth-order valence-corrected chi connectivity index (χ4v) is 20.2. The van der Waals surface area contributed by atoms with E-state index < -0.39 is 32.9 Å². The molecule has 0 amide bonds. The highest BCUT2D eigenvalue weighted by Crippen LogP contribution is 2.03. The lowest BCUT2D eigenvalue weighted by Crippen LogP contribution is -2.55. The molecular weight excluding hydrogens is 386 g/mol. The van der Waals surface area contributed by atoms with Gasteiger partial charge in [-0.1, -0.05) is 92.4 Å². The molecule has 0 aromatic carbocycles. The molecule has 0 spiro atoms. The Hall–Kier alpha value is 1.85. The Labute approximate surface area is 176 Å². The molecule has 0 aromatic rings. The van der Waals surface area contributed by atoms with Crippen LogP contribution in [-0.4, -0.2) is 65.5 Å². The Morgan fingerprint density at radius 3 is 0.667 bits per heavy atom. The topological polar surface area (TPSA) is 24.1 Å². The summed E-state index contributed by atoms with van der Waals surface area (Å²) < 4.78 is 7.47. The maximum absolute atomic E-state index is 3.74. The van der Waals surface area contributed by atoms with E-state index in [1.54, 1.807) is 0 Å². The Morgan fingerprint density at radius 1 is 0.583 bits per heavy atom. The van der Waals surface area contributed by atoms with Crippen molar-refractivity contribution in [3.8, 4) is 0 Å². The third-order valence-electron chi connectivity index (χ3n) is 1.50. The van der Waals surface area contributed by atoms with Gasteiger partial charge in [0.1, 0.15) is 49.2 Å². The van der Waals surface area contributed by atoms with Crippen LogP contribution in [-0.2, 0) is 0 Å². The summed E-state index contributed by atoms with van der Waals surface area (Å²) in [6.45, 7) is 32.5. The van der Waals surface area contributed by atoms with Gasteiger partial charge in [0.15, 0.2) is 0 Å². The van der Waals surface area contributed by atoms with Gasteiger partial charge in [0.2, 0.25) is 16.3 Å². The van der Waals surface area contributed by atoms with Gasteiger partial charge in [-0.15, -0.1) is 10.6 Å². The van der Waals surface area contributed by atoms with Crippen LogP contribution in [0.25, 0.3) is 0 Å². The van der Waals surface area contributed by atoms with Crippen molar-refractivity contribution in [2.75, 3.05) is 0 Å². The van der Waals surface area contributed by atoms with E-state index in [2.05, 4.69) is 118 Å². The molecule has 2 nitrogen and oxygen atoms in total. The lowest BCUT2D eigenvalue weighted by molar-refractivity contribution is 1.30. The molecule has 2 N–H and O–H groups in total. The summed E-state index contributed by atoms with van der Waals surface area (Å²) >= 11 is 3.95. The number of hydrogen-bond acceptors (Lipinski definition) is 2. The second kappa shape index (κ2) is 15.9. The normalized spacial score (nSPS) is 11.9. The Balaban J connectivity index is -0.000000126. The monoisotopic (exact) mass is 436 g/mol. The zero-order valence-corrected chi connectivity index (χ0v) is 27.1. The number of hydrogen-bond donors (Lipinski definition) is 2. The first-order chi connectivity index (χ1) is 10.2. The molecule has 0 aliphatic carbocycles. The van der Waals surface area contributed by atoms with Crippen LogP contribution in [0.1, 0.15) is 13.8 Å². The minimum absolute atomic E-state index is 0.981. The van der Waals surface area contributed by atoms with Gasteiger partial charge in [-0.3, -0.25) is 0 Å². The zero-order chi connectivity index (χ0) is 20.8. The second-order valence-corrected chi connectivity index (χ2v) is 32.6. The van der Waals surface area contributed by atoms with Crippen molar-refractivity contribution < 1.29 is 0 Å². The van der Waals surface area contributed by atoms with E-state index in [0.29, 0.717) is 0 Å². The van der Waals surface area contributed by atoms with Crippen LogP contribution in [0, 0.1) is 0 Å². The maximum Gasteiger partial charge on any atom is 0.211 e. The summed E-state index contributed by atoms with van der Waals surface area (Å²) in [5, 5.41) is 2.56. The van der Waals surface area contributed by atoms with Gasteiger partial charge < -0.3 is 9.30 Å². The minimum atomic E-state index is -0.981. The van der Waals surface area contributed by atoms with Crippen molar-refractivity contribution >= 4 is 65.5 Å². The van der Waals surface area contributed by atoms with E-state index >= 15 is 0 Å². The molecule has 0 bridgehead atoms. The van der Waals surface area contributed by atoms with Gasteiger partial charge in [-0.05, 0) is 0 Å². The van der Waals surface area contributed by atoms with Crippen molar-refractivity contribution in [2.24, 2.45) is 0 Å². The van der Waals surface area contributed by atoms with Crippen molar-refractivity contribution in [3.05, 3.63) is 0 Å². The molecule has 0 unspecified atom stereocenters. The molecule has 0 aliphatic rings. The van der Waals surface area contributed by atoms with Crippen LogP contribution in [0.4, 0.5) is 0 Å². The Kier molecular flexibility index (Phi) is 22.1. The highest BCUT2D eigenvalue weighted by Gasteiger charge is 2.22. The van der Waals surface area contributed by atoms with Gasteiger partial charge in [0.25, 0.3) is 0 Å². The summed E-state index contributed by atoms with van der Waals surface area (Å²) in [5.41, 5.74) is 0. The van der Waals surface area contributed by atoms with Gasteiger partial charge >= 0.3 is 0 Å². The molecule has 8 heteroatoms. The van der Waals surface area contributed by atoms with Crippen LogP contribution in [0.15, 0.2) is 0 Å². The fraction of sp³-hybridized carbons (Fsp3) is 1.00. The molecule has 0 atom stereocenters. The van der Waals surface area contributed by atoms with Crippen molar-refractivity contribution in [2.45, 2.75) is 103 Å². The summed E-state index contributed by atoms with van der Waals surface area (Å²) in [6.07, 6.45) is 0. The summed E-state index contributed by atoms with van der Waals surface area (Å²) in [6, 6.07) is 0. The first-order valence-corrected chi connectivity index (χ1v) is 25.8. The highest BCUT2D eigenvalue weighted by atomic mass is 28.4. The molecule has 0 aliphatic heterocycles. The van der Waals surface area contributed by atoms with E-state index in [1.807, 2.05) is 0 Å². The molecule has 0 saturated carbocycles. The second-order valence-electron chi connectivity index (χ2n) is 10.4. The molecular formula is C16H50Al2N2Si4. The van der Waals surface area contributed by atoms with Crippen molar-refractivity contribution in [3.63, 3.8) is 0 Å². The van der Waals surface area contributed by atoms with E-state index in [0.717, 1.165) is 0 Å². The van der Waals surface area contributed by atoms with Crippen LogP contribution in [0.5, 0.6) is 0 Å². The largest absolute Gasteiger partial charge is 0.360 e. The molecule has 146 valence electrons. The van der Waals surface area contributed by atoms with E-state index in [9.17, 15) is 0 Å². The Morgan fingerprint density at radius 2 is 0.667 bits per heavy atom. The molecule has 0 saturated heterocycles. The predicted molar refractivity (Wildman–Crippen MR) is 135 cm³/mol. The summed E-state index contributed by atoms with van der Waals surface area (Å²) in [4.78, 5) is 0. The van der Waals surface area contributed by atoms with Gasteiger partial charge in [-0.2, -0.15) is 0 Å². The van der Waals surface area contributed by atoms with Crippen LogP contribution in [0.2, 0.25) is 89.1 Å². The lowest BCUT2D eigenvalue weighted by Gasteiger charge is -2.28. The number of rotatable bonds is 4. The SMILES string of the molecule is C[CH2][AlH2].C[CH2][Al].C[Si](C)(C)N[Si](C)(C)C.C[Si](C)(C)N[Si](C)(C)C. The fourth-order valence-electron chi connectivity index (χ4n) is 2.25. The molecule has 0 heterocycles. The average Bonchev–Trinajstić information content (AvgIpc) is 2.06. The molecule has 0 aromatic heterocycles. The first kappa shape index (κ1) is 33.4. The van der Waals surface area contributed by atoms with E-state index in [-0.39, 0.29) is 0 Å². The smallest absolute Gasteiger partial charge is 0.211 e. The number of nitrogens with one attached hydrogen (secondary N) is 2. The lowest BCUT2D eigenvalue weighted by atomic mass is 11.0. The predicted octanol–water partition coefficient (Wildman–Crippen LogP) is 5.14. The maximum atomic E-state index is 3.74. The molecule has 0 rings (SSSR count). The van der Waals surface area contributed by atoms with Crippen LogP contribution in [0.3, 0.4) is 0 Å². The van der Waals surface area contributed by atoms with Gasteiger partial charge in [0, 0.05) is 0 Å². The van der Waals surface area contributed by atoms with Crippen LogP contribution >= 0.6 is 0 Å². The van der Waals surface area contributed by atoms with Crippen molar-refractivity contribution in [1.82, 2.24) is 9.30 Å². The standard InChI is InChI=1S/2C6H19NSi2.2C2H5.2Al.2H/c2*1-8(2,3)7-9(4,5)6;2*1-2;;;;/h2*7H,1-6H3;2*1H2,2H3;;;;. The Bertz CT molecular complexity index is 213. The third-order valence-corrected chi connectivity index (χ3v) is 13.5. The molecule has 0 fully saturated rings. The third kappa shape index (κ3) is 64.9. The summed E-state index contributed by atoms with van der Waals surface area (Å²) in [5.74, 6) is 0. The van der Waals surface area contributed by atoms with Gasteiger partial charge in [-0.25, -0.2) is 0 Å².